The van der Waals surface area contributed by atoms with Crippen LogP contribution >= 0.6 is 0 Å². The molecule has 0 aliphatic rings. The average Bonchev–Trinajstić information content (AvgIpc) is 2.25. The van der Waals surface area contributed by atoms with Crippen molar-refractivity contribution < 1.29 is 51.0 Å². The number of pyridine rings is 1. The molecule has 3 nitrogen and oxygen atoms in total. The second kappa shape index (κ2) is 8.89. The van der Waals surface area contributed by atoms with E-state index in [1.54, 1.807) is 12.3 Å². The third kappa shape index (κ3) is 7.01. The normalized spacial score (nSPS) is 10.5. The Bertz CT molecular complexity index is 307. The van der Waals surface area contributed by atoms with Gasteiger partial charge in [-0.05, 0) is 5.92 Å². The van der Waals surface area contributed by atoms with E-state index < -0.39 is 6.61 Å². The maximum absolute atomic E-state index is 11.6. The van der Waals surface area contributed by atoms with E-state index in [0.717, 1.165) is 5.56 Å². The molecule has 93 valence electrons. The monoisotopic (exact) mass is 319 g/mol. The average molecular weight is 319 g/mol. The molecular formula is C11H14F2NO2Y-. The molecule has 1 heterocycles. The molecule has 1 aromatic heterocycles. The number of nitrogens with zero attached hydrogens (tertiary/aromatic N) is 1. The van der Waals surface area contributed by atoms with Gasteiger partial charge in [0.1, 0.15) is 0 Å². The van der Waals surface area contributed by atoms with Crippen LogP contribution in [0.15, 0.2) is 12.3 Å². The summed E-state index contributed by atoms with van der Waals surface area (Å²) in [6.07, 6.45) is 1.66. The standard InChI is InChI=1S/C11H14F2NO2.Y/c1-8(2)9-3-4-10(14-7-9)15-5-6-16-11(12)13;/h4,7-8,11H,5-6H2,1-2H3;/q-1;. The van der Waals surface area contributed by atoms with Crippen molar-refractivity contribution >= 4 is 0 Å². The van der Waals surface area contributed by atoms with E-state index in [0.29, 0.717) is 11.8 Å². The van der Waals surface area contributed by atoms with Crippen LogP contribution in [0.25, 0.3) is 0 Å². The number of halogens is 2. The van der Waals surface area contributed by atoms with Crippen LogP contribution in [0.3, 0.4) is 0 Å². The van der Waals surface area contributed by atoms with Crippen LogP contribution in [0.4, 0.5) is 8.78 Å². The van der Waals surface area contributed by atoms with Crippen molar-refractivity contribution in [2.75, 3.05) is 13.2 Å². The van der Waals surface area contributed by atoms with Gasteiger partial charge in [0.25, 0.3) is 0 Å². The minimum atomic E-state index is -2.76. The Labute approximate surface area is 125 Å². The fourth-order valence-corrected chi connectivity index (χ4v) is 1.03. The molecule has 0 aliphatic heterocycles. The van der Waals surface area contributed by atoms with Gasteiger partial charge in [-0.3, -0.25) is 0 Å². The largest absolute Gasteiger partial charge is 0.532 e. The van der Waals surface area contributed by atoms with Crippen LogP contribution in [-0.2, 0) is 37.4 Å². The van der Waals surface area contributed by atoms with Gasteiger partial charge in [-0.2, -0.15) is 14.8 Å². The van der Waals surface area contributed by atoms with E-state index in [1.165, 1.54) is 0 Å². The molecule has 17 heavy (non-hydrogen) atoms. The van der Waals surface area contributed by atoms with Gasteiger partial charge in [0, 0.05) is 32.7 Å². The second-order valence-electron chi connectivity index (χ2n) is 3.48. The summed E-state index contributed by atoms with van der Waals surface area (Å²) in [5, 5.41) is 0. The van der Waals surface area contributed by atoms with Crippen molar-refractivity contribution in [2.45, 2.75) is 26.4 Å². The maximum Gasteiger partial charge on any atom is 0.345 e. The third-order valence-corrected chi connectivity index (χ3v) is 1.89. The first kappa shape index (κ1) is 16.9. The van der Waals surface area contributed by atoms with Gasteiger partial charge >= 0.3 is 6.61 Å². The van der Waals surface area contributed by atoms with E-state index in [2.05, 4.69) is 15.8 Å². The van der Waals surface area contributed by atoms with E-state index in [4.69, 9.17) is 4.74 Å². The molecule has 0 bridgehead atoms. The van der Waals surface area contributed by atoms with Crippen molar-refractivity contribution in [1.82, 2.24) is 4.98 Å². The smallest absolute Gasteiger partial charge is 0.345 e. The molecule has 1 aromatic rings. The Balaban J connectivity index is 0.00000256. The molecule has 0 N–H and O–H groups in total. The topological polar surface area (TPSA) is 31.4 Å². The Kier molecular flexibility index (Phi) is 8.83. The molecule has 0 aromatic carbocycles. The summed E-state index contributed by atoms with van der Waals surface area (Å²) in [6.45, 7) is 1.19. The van der Waals surface area contributed by atoms with Gasteiger partial charge in [-0.1, -0.05) is 20.0 Å². The number of rotatable bonds is 6. The predicted molar refractivity (Wildman–Crippen MR) is 54.6 cm³/mol. The van der Waals surface area contributed by atoms with Crippen LogP contribution in [0.1, 0.15) is 25.3 Å². The zero-order chi connectivity index (χ0) is 12.0. The van der Waals surface area contributed by atoms with Crippen LogP contribution in [0, 0.1) is 6.07 Å². The molecule has 0 unspecified atom stereocenters. The Hall–Kier alpha value is -0.126. The van der Waals surface area contributed by atoms with E-state index in [-0.39, 0.29) is 45.9 Å². The molecule has 0 saturated carbocycles. The van der Waals surface area contributed by atoms with Crippen LogP contribution in [0.2, 0.25) is 0 Å². The Morgan fingerprint density at radius 3 is 2.53 bits per heavy atom. The summed E-state index contributed by atoms with van der Waals surface area (Å²) in [6, 6.07) is 4.60. The molecular weight excluding hydrogens is 305 g/mol. The summed E-state index contributed by atoms with van der Waals surface area (Å²) in [5.74, 6) is 0.714. The van der Waals surface area contributed by atoms with E-state index in [9.17, 15) is 8.78 Å². The summed E-state index contributed by atoms with van der Waals surface area (Å²) < 4.78 is 32.3. The van der Waals surface area contributed by atoms with Crippen LogP contribution in [0.5, 0.6) is 5.88 Å². The molecule has 0 atom stereocenters. The number of hydrogen-bond acceptors (Lipinski definition) is 3. The zero-order valence-corrected chi connectivity index (χ0v) is 12.7. The molecule has 1 radical (unpaired) electrons. The first-order chi connectivity index (χ1) is 7.59. The van der Waals surface area contributed by atoms with Crippen LogP contribution in [-0.4, -0.2) is 24.8 Å². The minimum absolute atomic E-state index is 0. The van der Waals surface area contributed by atoms with Crippen molar-refractivity contribution in [3.63, 3.8) is 0 Å². The zero-order valence-electron chi connectivity index (χ0n) is 9.82. The van der Waals surface area contributed by atoms with Crippen molar-refractivity contribution in [3.05, 3.63) is 23.9 Å². The predicted octanol–water partition coefficient (Wildman–Crippen LogP) is 2.62. The molecule has 0 saturated heterocycles. The maximum atomic E-state index is 11.6. The summed E-state index contributed by atoms with van der Waals surface area (Å²) in [4.78, 5) is 4.02. The van der Waals surface area contributed by atoms with E-state index in [1.807, 2.05) is 13.8 Å². The van der Waals surface area contributed by atoms with Gasteiger partial charge in [0.15, 0.2) is 0 Å². The number of hydrogen-bond donors (Lipinski definition) is 0. The molecule has 0 spiro atoms. The van der Waals surface area contributed by atoms with Crippen molar-refractivity contribution in [1.29, 1.82) is 0 Å². The second-order valence-corrected chi connectivity index (χ2v) is 3.48. The van der Waals surface area contributed by atoms with Gasteiger partial charge in [0.05, 0.1) is 19.1 Å². The molecule has 0 fully saturated rings. The first-order valence-electron chi connectivity index (χ1n) is 4.99. The fraction of sp³-hybridized carbons (Fsp3) is 0.545. The number of aromatic nitrogens is 1. The first-order valence-corrected chi connectivity index (χ1v) is 4.99. The fourth-order valence-electron chi connectivity index (χ4n) is 1.03. The summed E-state index contributed by atoms with van der Waals surface area (Å²) >= 11 is 0. The molecule has 1 rings (SSSR count). The summed E-state index contributed by atoms with van der Waals surface area (Å²) in [7, 11) is 0. The Morgan fingerprint density at radius 1 is 1.35 bits per heavy atom. The van der Waals surface area contributed by atoms with Gasteiger partial charge < -0.3 is 14.5 Å². The number of alkyl halides is 2. The van der Waals surface area contributed by atoms with E-state index >= 15 is 0 Å². The van der Waals surface area contributed by atoms with Crippen molar-refractivity contribution in [2.24, 2.45) is 0 Å². The Morgan fingerprint density at radius 2 is 2.06 bits per heavy atom. The summed E-state index contributed by atoms with van der Waals surface area (Å²) in [5.41, 5.74) is 0.983. The molecule has 0 aliphatic carbocycles. The minimum Gasteiger partial charge on any atom is -0.532 e. The SMILES string of the molecule is CC(C)c1[c-]cc(OCCOC(F)F)nc1.[Y]. The van der Waals surface area contributed by atoms with Gasteiger partial charge in [0.2, 0.25) is 0 Å². The third-order valence-electron chi connectivity index (χ3n) is 1.89. The van der Waals surface area contributed by atoms with Gasteiger partial charge in [-0.15, -0.1) is 11.6 Å². The van der Waals surface area contributed by atoms with Gasteiger partial charge in [-0.25, -0.2) is 0 Å². The van der Waals surface area contributed by atoms with Crippen molar-refractivity contribution in [3.8, 4) is 5.88 Å². The van der Waals surface area contributed by atoms with Crippen LogP contribution < -0.4 is 4.74 Å². The molecule has 6 heteroatoms. The number of ether oxygens (including phenoxy) is 2. The quantitative estimate of drug-likeness (QED) is 0.597. The molecule has 0 amide bonds.